The van der Waals surface area contributed by atoms with E-state index < -0.39 is 0 Å². The van der Waals surface area contributed by atoms with Crippen LogP contribution in [0.1, 0.15) is 5.56 Å². The summed E-state index contributed by atoms with van der Waals surface area (Å²) in [5.74, 6) is 0. The van der Waals surface area contributed by atoms with E-state index in [9.17, 15) is 0 Å². The number of halogens is 1. The summed E-state index contributed by atoms with van der Waals surface area (Å²) in [6.45, 7) is 0.487. The van der Waals surface area contributed by atoms with E-state index in [1.54, 1.807) is 6.20 Å². The van der Waals surface area contributed by atoms with Gasteiger partial charge in [-0.05, 0) is 6.26 Å². The Hall–Kier alpha value is -0.580. The van der Waals surface area contributed by atoms with Gasteiger partial charge in [0.2, 0.25) is 0 Å². The molecule has 0 radical (unpaired) electrons. The summed E-state index contributed by atoms with van der Waals surface area (Å²) in [4.78, 5) is 8.16. The fourth-order valence-corrected chi connectivity index (χ4v) is 1.34. The van der Waals surface area contributed by atoms with Gasteiger partial charge < -0.3 is 5.73 Å². The third kappa shape index (κ3) is 2.99. The first-order valence-electron chi connectivity index (χ1n) is 3.71. The van der Waals surface area contributed by atoms with E-state index in [4.69, 9.17) is 17.3 Å². The van der Waals surface area contributed by atoms with Crippen LogP contribution >= 0.6 is 23.4 Å². The zero-order valence-corrected chi connectivity index (χ0v) is 8.77. The van der Waals surface area contributed by atoms with Gasteiger partial charge in [-0.3, -0.25) is 0 Å². The van der Waals surface area contributed by atoms with Crippen molar-refractivity contribution in [3.8, 4) is 0 Å². The van der Waals surface area contributed by atoms with E-state index in [0.717, 1.165) is 5.56 Å². The van der Waals surface area contributed by atoms with Gasteiger partial charge in [-0.15, -0.1) is 0 Å². The third-order valence-corrected chi connectivity index (χ3v) is 2.23. The van der Waals surface area contributed by atoms with Crippen LogP contribution < -0.4 is 5.73 Å². The first-order chi connectivity index (χ1) is 6.27. The van der Waals surface area contributed by atoms with Crippen molar-refractivity contribution < 1.29 is 0 Å². The van der Waals surface area contributed by atoms with Crippen LogP contribution in [0.5, 0.6) is 0 Å². The molecule has 5 heteroatoms. The molecule has 0 saturated heterocycles. The summed E-state index contributed by atoms with van der Waals surface area (Å²) < 4.78 is 0. The molecule has 1 heterocycles. The van der Waals surface area contributed by atoms with Gasteiger partial charge in [-0.2, -0.15) is 0 Å². The number of nitrogens with two attached hydrogens (primary N) is 1. The lowest BCUT2D eigenvalue weighted by Crippen LogP contribution is -1.93. The van der Waals surface area contributed by atoms with Crippen LogP contribution in [0.3, 0.4) is 0 Å². The molecule has 0 amide bonds. The van der Waals surface area contributed by atoms with E-state index >= 15 is 0 Å². The molecule has 0 aliphatic carbocycles. The number of aromatic nitrogens is 2. The van der Waals surface area contributed by atoms with Crippen molar-refractivity contribution in [3.05, 3.63) is 23.0 Å². The maximum Gasteiger partial charge on any atom is 0.188 e. The van der Waals surface area contributed by atoms with E-state index in [0.29, 0.717) is 16.9 Å². The highest BCUT2D eigenvalue weighted by atomic mass is 35.5. The quantitative estimate of drug-likeness (QED) is 0.475. The Morgan fingerprint density at radius 3 is 3.00 bits per heavy atom. The van der Waals surface area contributed by atoms with E-state index in [2.05, 4.69) is 9.97 Å². The summed E-state index contributed by atoms with van der Waals surface area (Å²) in [5, 5.41) is 1.14. The van der Waals surface area contributed by atoms with Crippen molar-refractivity contribution in [2.24, 2.45) is 5.73 Å². The van der Waals surface area contributed by atoms with E-state index in [1.807, 2.05) is 18.4 Å². The minimum absolute atomic E-state index is 0.462. The van der Waals surface area contributed by atoms with Crippen molar-refractivity contribution in [2.75, 3.05) is 12.8 Å². The smallest absolute Gasteiger partial charge is 0.188 e. The lowest BCUT2D eigenvalue weighted by molar-refractivity contribution is 0.966. The normalized spacial score (nSPS) is 11.0. The van der Waals surface area contributed by atoms with Crippen LogP contribution in [0.4, 0.5) is 0 Å². The van der Waals surface area contributed by atoms with Gasteiger partial charge in [-0.25, -0.2) is 9.97 Å². The zero-order valence-electron chi connectivity index (χ0n) is 7.20. The van der Waals surface area contributed by atoms with Crippen LogP contribution in [0.25, 0.3) is 6.08 Å². The highest BCUT2D eigenvalue weighted by Crippen LogP contribution is 2.17. The second-order valence-electron chi connectivity index (χ2n) is 2.24. The number of nitrogens with zero attached hydrogens (tertiary/aromatic N) is 2. The van der Waals surface area contributed by atoms with Crippen LogP contribution in [-0.4, -0.2) is 22.8 Å². The number of thioether (sulfide) groups is 1. The van der Waals surface area contributed by atoms with Gasteiger partial charge in [0, 0.05) is 18.3 Å². The number of hydrogen-bond donors (Lipinski definition) is 1. The first kappa shape index (κ1) is 10.5. The van der Waals surface area contributed by atoms with Gasteiger partial charge in [0.1, 0.15) is 5.15 Å². The molecular weight excluding hydrogens is 206 g/mol. The van der Waals surface area contributed by atoms with Gasteiger partial charge in [0.05, 0.1) is 0 Å². The molecule has 1 aromatic rings. The van der Waals surface area contributed by atoms with Crippen molar-refractivity contribution in [2.45, 2.75) is 5.16 Å². The van der Waals surface area contributed by atoms with Gasteiger partial charge in [-0.1, -0.05) is 35.5 Å². The Bertz CT molecular complexity index is 314. The fourth-order valence-electron chi connectivity index (χ4n) is 0.761. The fraction of sp³-hybridized carbons (Fsp3) is 0.250. The molecule has 0 unspecified atom stereocenters. The standard InChI is InChI=1S/C8H10ClN3S/c1-13-8-11-5-6(3-2-4-10)7(9)12-8/h2-3,5H,4,10H2,1H3. The summed E-state index contributed by atoms with van der Waals surface area (Å²) in [6, 6.07) is 0. The lowest BCUT2D eigenvalue weighted by atomic mass is 10.3. The monoisotopic (exact) mass is 215 g/mol. The van der Waals surface area contributed by atoms with Crippen LogP contribution in [0.15, 0.2) is 17.4 Å². The van der Waals surface area contributed by atoms with Gasteiger partial charge in [0.25, 0.3) is 0 Å². The molecule has 70 valence electrons. The molecule has 0 aliphatic heterocycles. The Morgan fingerprint density at radius 2 is 2.46 bits per heavy atom. The second-order valence-corrected chi connectivity index (χ2v) is 3.37. The van der Waals surface area contributed by atoms with Crippen molar-refractivity contribution in [3.63, 3.8) is 0 Å². The average molecular weight is 216 g/mol. The Kier molecular flexibility index (Phi) is 4.21. The van der Waals surface area contributed by atoms with Gasteiger partial charge >= 0.3 is 0 Å². The maximum absolute atomic E-state index is 5.89. The molecule has 1 rings (SSSR count). The van der Waals surface area contributed by atoms with Gasteiger partial charge in [0.15, 0.2) is 5.16 Å². The summed E-state index contributed by atoms with van der Waals surface area (Å²) in [6.07, 6.45) is 7.21. The molecule has 13 heavy (non-hydrogen) atoms. The topological polar surface area (TPSA) is 51.8 Å². The maximum atomic E-state index is 5.89. The van der Waals surface area contributed by atoms with E-state index in [-0.39, 0.29) is 0 Å². The molecule has 2 N–H and O–H groups in total. The molecule has 0 spiro atoms. The minimum atomic E-state index is 0.462. The number of hydrogen-bond acceptors (Lipinski definition) is 4. The average Bonchev–Trinajstić information content (AvgIpc) is 2.16. The molecule has 1 aromatic heterocycles. The van der Waals surface area contributed by atoms with Crippen molar-refractivity contribution in [1.82, 2.24) is 9.97 Å². The highest BCUT2D eigenvalue weighted by molar-refractivity contribution is 7.98. The molecule has 3 nitrogen and oxygen atoms in total. The Morgan fingerprint density at radius 1 is 1.69 bits per heavy atom. The predicted molar refractivity (Wildman–Crippen MR) is 56.9 cm³/mol. The molecule has 0 aromatic carbocycles. The molecule has 0 fully saturated rings. The molecule has 0 bridgehead atoms. The summed E-state index contributed by atoms with van der Waals surface area (Å²) in [5.41, 5.74) is 6.10. The SMILES string of the molecule is CSc1ncc(C=CCN)c(Cl)n1. The minimum Gasteiger partial charge on any atom is -0.327 e. The largest absolute Gasteiger partial charge is 0.327 e. The molecule has 0 aliphatic rings. The van der Waals surface area contributed by atoms with Crippen LogP contribution in [0, 0.1) is 0 Å². The summed E-state index contributed by atoms with van der Waals surface area (Å²) in [7, 11) is 0. The summed E-state index contributed by atoms with van der Waals surface area (Å²) >= 11 is 7.35. The predicted octanol–water partition coefficient (Wildman–Crippen LogP) is 1.82. The van der Waals surface area contributed by atoms with Crippen LogP contribution in [0.2, 0.25) is 5.15 Å². The molecular formula is C8H10ClN3S. The molecule has 0 saturated carbocycles. The molecule has 0 atom stereocenters. The lowest BCUT2D eigenvalue weighted by Gasteiger charge is -1.98. The van der Waals surface area contributed by atoms with Crippen molar-refractivity contribution in [1.29, 1.82) is 0 Å². The van der Waals surface area contributed by atoms with Crippen LogP contribution in [-0.2, 0) is 0 Å². The second kappa shape index (κ2) is 5.21. The Balaban J connectivity index is 2.91. The first-order valence-corrected chi connectivity index (χ1v) is 5.31. The zero-order chi connectivity index (χ0) is 9.68. The number of rotatable bonds is 3. The van der Waals surface area contributed by atoms with Crippen molar-refractivity contribution >= 4 is 29.4 Å². The Labute approximate surface area is 86.4 Å². The highest BCUT2D eigenvalue weighted by Gasteiger charge is 2.00. The third-order valence-electron chi connectivity index (χ3n) is 1.36. The van der Waals surface area contributed by atoms with E-state index in [1.165, 1.54) is 11.8 Å².